The zero-order valence-electron chi connectivity index (χ0n) is 15.4. The van der Waals surface area contributed by atoms with Crippen molar-refractivity contribution < 1.29 is 4.79 Å². The van der Waals surface area contributed by atoms with Crippen molar-refractivity contribution in [2.45, 2.75) is 13.8 Å². The number of carbonyl (C=O) groups is 1. The van der Waals surface area contributed by atoms with E-state index in [1.165, 1.54) is 0 Å². The Labute approximate surface area is 161 Å². The summed E-state index contributed by atoms with van der Waals surface area (Å²) in [4.78, 5) is 20.6. The van der Waals surface area contributed by atoms with E-state index in [-0.39, 0.29) is 6.03 Å². The Morgan fingerprint density at radius 1 is 0.821 bits per heavy atom. The quantitative estimate of drug-likeness (QED) is 0.571. The molecule has 2 amide bonds. The molecule has 4 aromatic heterocycles. The predicted molar refractivity (Wildman–Crippen MR) is 105 cm³/mol. The summed E-state index contributed by atoms with van der Waals surface area (Å²) < 4.78 is 3.34. The molecule has 0 aliphatic rings. The van der Waals surface area contributed by atoms with Gasteiger partial charge in [0.05, 0.1) is 58.9 Å². The maximum atomic E-state index is 12.5. The van der Waals surface area contributed by atoms with Crippen LogP contribution >= 0.6 is 0 Å². The third-order valence-corrected chi connectivity index (χ3v) is 4.12. The lowest BCUT2D eigenvalue weighted by atomic mass is 10.4. The van der Waals surface area contributed by atoms with Crippen molar-refractivity contribution in [2.75, 3.05) is 10.6 Å². The van der Waals surface area contributed by atoms with Crippen LogP contribution in [0.5, 0.6) is 0 Å². The molecule has 0 aromatic carbocycles. The smallest absolute Gasteiger partial charge is 0.305 e. The second kappa shape index (κ2) is 7.31. The molecule has 0 aliphatic heterocycles. The number of carbonyl (C=O) groups excluding carboxylic acids is 1. The summed E-state index contributed by atoms with van der Waals surface area (Å²) >= 11 is 0. The third kappa shape index (κ3) is 3.58. The van der Waals surface area contributed by atoms with E-state index < -0.39 is 0 Å². The van der Waals surface area contributed by atoms with Crippen LogP contribution in [0.1, 0.15) is 11.4 Å². The van der Waals surface area contributed by atoms with Crippen LogP contribution < -0.4 is 10.6 Å². The van der Waals surface area contributed by atoms with E-state index in [0.29, 0.717) is 22.8 Å². The number of nitrogens with one attached hydrogen (secondary N) is 2. The Morgan fingerprint density at radius 2 is 1.29 bits per heavy atom. The van der Waals surface area contributed by atoms with Crippen molar-refractivity contribution >= 4 is 17.4 Å². The predicted octanol–water partition coefficient (Wildman–Crippen LogP) is 3.11. The molecule has 0 saturated heterocycles. The number of pyridine rings is 2. The average Bonchev–Trinajstić information content (AvgIpc) is 3.26. The number of urea groups is 1. The van der Waals surface area contributed by atoms with Crippen molar-refractivity contribution in [3.63, 3.8) is 0 Å². The highest BCUT2D eigenvalue weighted by molar-refractivity contribution is 6.00. The minimum Gasteiger partial charge on any atom is -0.305 e. The highest BCUT2D eigenvalue weighted by Crippen LogP contribution is 2.19. The Kier molecular flexibility index (Phi) is 4.55. The first-order chi connectivity index (χ1) is 13.6. The van der Waals surface area contributed by atoms with Gasteiger partial charge in [-0.25, -0.2) is 14.2 Å². The Bertz CT molecular complexity index is 1010. The molecule has 4 aromatic rings. The van der Waals surface area contributed by atoms with Crippen LogP contribution in [0.15, 0.2) is 61.4 Å². The summed E-state index contributed by atoms with van der Waals surface area (Å²) in [5.41, 5.74) is 4.24. The van der Waals surface area contributed by atoms with Crippen LogP contribution in [-0.2, 0) is 0 Å². The van der Waals surface area contributed by atoms with Crippen LogP contribution in [0.2, 0.25) is 0 Å². The van der Waals surface area contributed by atoms with Gasteiger partial charge in [0, 0.05) is 12.4 Å². The lowest BCUT2D eigenvalue weighted by Gasteiger charge is -2.05. The molecule has 2 N–H and O–H groups in total. The van der Waals surface area contributed by atoms with Gasteiger partial charge in [0.15, 0.2) is 0 Å². The van der Waals surface area contributed by atoms with Crippen molar-refractivity contribution in [1.82, 2.24) is 29.5 Å². The van der Waals surface area contributed by atoms with Gasteiger partial charge in [0.2, 0.25) is 0 Å². The number of anilines is 2. The van der Waals surface area contributed by atoms with Gasteiger partial charge >= 0.3 is 6.03 Å². The first-order valence-corrected chi connectivity index (χ1v) is 8.61. The molecule has 0 unspecified atom stereocenters. The number of rotatable bonds is 4. The maximum Gasteiger partial charge on any atom is 0.323 e. The van der Waals surface area contributed by atoms with Crippen molar-refractivity contribution in [1.29, 1.82) is 0 Å². The molecule has 0 fully saturated rings. The molecule has 0 radical (unpaired) electrons. The van der Waals surface area contributed by atoms with Gasteiger partial charge in [-0.2, -0.15) is 10.2 Å². The molecule has 4 rings (SSSR count). The Hall–Kier alpha value is -4.01. The molecule has 0 spiro atoms. The van der Waals surface area contributed by atoms with E-state index in [4.69, 9.17) is 0 Å². The highest BCUT2D eigenvalue weighted by atomic mass is 16.2. The molecular weight excluding hydrogens is 356 g/mol. The van der Waals surface area contributed by atoms with Crippen molar-refractivity contribution in [2.24, 2.45) is 0 Å². The monoisotopic (exact) mass is 374 g/mol. The molecule has 9 nitrogen and oxygen atoms in total. The van der Waals surface area contributed by atoms with E-state index in [9.17, 15) is 4.79 Å². The van der Waals surface area contributed by atoms with Gasteiger partial charge in [0.25, 0.3) is 0 Å². The molecule has 140 valence electrons. The first kappa shape index (κ1) is 17.4. The van der Waals surface area contributed by atoms with Crippen LogP contribution in [0, 0.1) is 13.8 Å². The number of hydrogen-bond acceptors (Lipinski definition) is 5. The standard InChI is InChI=1S/C19H18N8O/c1-13-17(11-26(24-13)15-5-3-7-20-9-15)22-19(28)23-18-12-27(25-14(18)2)16-6-4-8-21-10-16/h3-12H,1-2H3,(H2,22,23,28). The van der Waals surface area contributed by atoms with Gasteiger partial charge in [-0.1, -0.05) is 0 Å². The van der Waals surface area contributed by atoms with Crippen LogP contribution in [-0.4, -0.2) is 35.6 Å². The highest BCUT2D eigenvalue weighted by Gasteiger charge is 2.13. The molecule has 4 heterocycles. The first-order valence-electron chi connectivity index (χ1n) is 8.61. The van der Waals surface area contributed by atoms with Crippen LogP contribution in [0.4, 0.5) is 16.2 Å². The van der Waals surface area contributed by atoms with Gasteiger partial charge < -0.3 is 10.6 Å². The Morgan fingerprint density at radius 3 is 1.68 bits per heavy atom. The molecule has 0 saturated carbocycles. The van der Waals surface area contributed by atoms with Crippen LogP contribution in [0.3, 0.4) is 0 Å². The summed E-state index contributed by atoms with van der Waals surface area (Å²) in [7, 11) is 0. The fourth-order valence-electron chi connectivity index (χ4n) is 2.68. The molecule has 0 atom stereocenters. The molecular formula is C19H18N8O. The number of amides is 2. The third-order valence-electron chi connectivity index (χ3n) is 4.12. The summed E-state index contributed by atoms with van der Waals surface area (Å²) in [6.45, 7) is 3.66. The van der Waals surface area contributed by atoms with Crippen LogP contribution in [0.25, 0.3) is 11.4 Å². The number of nitrogens with zero attached hydrogens (tertiary/aromatic N) is 6. The Balaban J connectivity index is 1.48. The lowest BCUT2D eigenvalue weighted by Crippen LogP contribution is -2.19. The minimum absolute atomic E-state index is 0.373. The van der Waals surface area contributed by atoms with E-state index >= 15 is 0 Å². The van der Waals surface area contributed by atoms with E-state index in [1.807, 2.05) is 38.1 Å². The van der Waals surface area contributed by atoms with Gasteiger partial charge in [-0.15, -0.1) is 0 Å². The molecule has 0 aliphatic carbocycles. The summed E-state index contributed by atoms with van der Waals surface area (Å²) in [5, 5.41) is 14.5. The molecule has 9 heteroatoms. The summed E-state index contributed by atoms with van der Waals surface area (Å²) in [5.74, 6) is 0. The largest absolute Gasteiger partial charge is 0.323 e. The SMILES string of the molecule is Cc1nn(-c2cccnc2)cc1NC(=O)Nc1cn(-c2cccnc2)nc1C. The fourth-order valence-corrected chi connectivity index (χ4v) is 2.68. The fraction of sp³-hybridized carbons (Fsp3) is 0.105. The molecule has 28 heavy (non-hydrogen) atoms. The van der Waals surface area contributed by atoms with Gasteiger partial charge in [0.1, 0.15) is 0 Å². The normalized spacial score (nSPS) is 10.6. The second-order valence-corrected chi connectivity index (χ2v) is 6.15. The topological polar surface area (TPSA) is 103 Å². The minimum atomic E-state index is -0.373. The van der Waals surface area contributed by atoms with Gasteiger partial charge in [-0.05, 0) is 38.1 Å². The second-order valence-electron chi connectivity index (χ2n) is 6.15. The van der Waals surface area contributed by atoms with Crippen molar-refractivity contribution in [3.05, 3.63) is 72.8 Å². The summed E-state index contributed by atoms with van der Waals surface area (Å²) in [6.07, 6.45) is 10.3. The van der Waals surface area contributed by atoms with E-state index in [1.54, 1.807) is 46.5 Å². The molecule has 0 bridgehead atoms. The van der Waals surface area contributed by atoms with E-state index in [0.717, 1.165) is 11.4 Å². The zero-order chi connectivity index (χ0) is 19.5. The maximum absolute atomic E-state index is 12.5. The number of aryl methyl sites for hydroxylation is 2. The van der Waals surface area contributed by atoms with Crippen molar-refractivity contribution in [3.8, 4) is 11.4 Å². The zero-order valence-corrected chi connectivity index (χ0v) is 15.4. The number of aromatic nitrogens is 6. The number of hydrogen-bond donors (Lipinski definition) is 2. The summed E-state index contributed by atoms with van der Waals surface area (Å²) in [6, 6.07) is 7.06. The average molecular weight is 374 g/mol. The lowest BCUT2D eigenvalue weighted by molar-refractivity contribution is 0.262. The van der Waals surface area contributed by atoms with E-state index in [2.05, 4.69) is 30.8 Å². The van der Waals surface area contributed by atoms with Gasteiger partial charge in [-0.3, -0.25) is 9.97 Å².